The molecule has 1 aliphatic heterocycles. The van der Waals surface area contributed by atoms with Gasteiger partial charge in [0.25, 0.3) is 5.91 Å². The zero-order valence-electron chi connectivity index (χ0n) is 16.8. The first-order valence-electron chi connectivity index (χ1n) is 9.76. The van der Waals surface area contributed by atoms with E-state index < -0.39 is 10.0 Å². The Labute approximate surface area is 192 Å². The predicted molar refractivity (Wildman–Crippen MR) is 125 cm³/mol. The molecule has 1 N–H and O–H groups in total. The molecule has 9 heteroatoms. The number of halogens is 1. The molecule has 5 nitrogen and oxygen atoms in total. The molecule has 0 unspecified atom stereocenters. The summed E-state index contributed by atoms with van der Waals surface area (Å²) in [6.45, 7) is 1.74. The Morgan fingerprint density at radius 3 is 2.47 bits per heavy atom. The average molecular weight is 485 g/mol. The Kier molecular flexibility index (Phi) is 8.53. The lowest BCUT2D eigenvalue weighted by molar-refractivity contribution is 0.0720. The van der Waals surface area contributed by atoms with Crippen molar-refractivity contribution in [1.82, 2.24) is 9.62 Å². The van der Waals surface area contributed by atoms with Crippen molar-refractivity contribution in [3.05, 3.63) is 53.1 Å². The molecule has 1 amide bonds. The van der Waals surface area contributed by atoms with Crippen molar-refractivity contribution in [2.45, 2.75) is 33.9 Å². The molecule has 1 fully saturated rings. The van der Waals surface area contributed by atoms with Crippen LogP contribution in [0, 0.1) is 0 Å². The molecule has 0 spiro atoms. The van der Waals surface area contributed by atoms with E-state index in [-0.39, 0.29) is 17.3 Å². The summed E-state index contributed by atoms with van der Waals surface area (Å²) in [6, 6.07) is 12.2. The van der Waals surface area contributed by atoms with Crippen molar-refractivity contribution in [2.24, 2.45) is 0 Å². The largest absolute Gasteiger partial charge is 0.339 e. The number of nitrogens with zero attached hydrogens (tertiary/aromatic N) is 1. The Balaban J connectivity index is 1.67. The Morgan fingerprint density at radius 1 is 1.10 bits per heavy atom. The molecule has 162 valence electrons. The molecule has 0 atom stereocenters. The van der Waals surface area contributed by atoms with Gasteiger partial charge in [-0.3, -0.25) is 4.79 Å². The first-order chi connectivity index (χ1) is 14.4. The monoisotopic (exact) mass is 484 g/mol. The maximum absolute atomic E-state index is 13.0. The molecule has 0 aliphatic carbocycles. The number of amides is 1. The highest BCUT2D eigenvalue weighted by Crippen LogP contribution is 2.26. The number of piperidine rings is 1. The quantitative estimate of drug-likeness (QED) is 0.432. The summed E-state index contributed by atoms with van der Waals surface area (Å²) < 4.78 is 28.2. The highest BCUT2D eigenvalue weighted by atomic mass is 35.5. The lowest BCUT2D eigenvalue weighted by atomic mass is 10.1. The highest BCUT2D eigenvalue weighted by Gasteiger charge is 2.23. The van der Waals surface area contributed by atoms with Crippen molar-refractivity contribution in [3.8, 4) is 0 Å². The van der Waals surface area contributed by atoms with E-state index in [2.05, 4.69) is 4.72 Å². The van der Waals surface area contributed by atoms with Gasteiger partial charge in [-0.1, -0.05) is 11.6 Å². The number of sulfonamides is 1. The number of thioether (sulfide) groups is 2. The molecular formula is C21H25ClN2O3S3. The summed E-state index contributed by atoms with van der Waals surface area (Å²) in [4.78, 5) is 16.8. The van der Waals surface area contributed by atoms with Crippen molar-refractivity contribution >= 4 is 51.1 Å². The molecule has 0 radical (unpaired) electrons. The second-order valence-corrected chi connectivity index (χ2v) is 11.1. The van der Waals surface area contributed by atoms with Crippen LogP contribution >= 0.6 is 35.1 Å². The molecular weight excluding hydrogens is 460 g/mol. The molecule has 0 saturated carbocycles. The molecule has 0 bridgehead atoms. The molecule has 1 heterocycles. The van der Waals surface area contributed by atoms with E-state index in [4.69, 9.17) is 11.6 Å². The van der Waals surface area contributed by atoms with Gasteiger partial charge in [-0.25, -0.2) is 13.1 Å². The number of carbonyl (C=O) groups is 1. The fourth-order valence-corrected chi connectivity index (χ4v) is 5.90. The van der Waals surface area contributed by atoms with Crippen molar-refractivity contribution in [1.29, 1.82) is 0 Å². The van der Waals surface area contributed by atoms with Gasteiger partial charge in [-0.15, -0.1) is 23.5 Å². The third kappa shape index (κ3) is 6.17. The molecule has 2 aromatic rings. The van der Waals surface area contributed by atoms with Crippen LogP contribution in [0.5, 0.6) is 0 Å². The topological polar surface area (TPSA) is 66.5 Å². The minimum absolute atomic E-state index is 0.0885. The van der Waals surface area contributed by atoms with E-state index in [1.165, 1.54) is 17.8 Å². The molecule has 2 aromatic carbocycles. The Hall–Kier alpha value is -1.19. The number of carbonyl (C=O) groups excluding carboxylic acids is 1. The lowest BCUT2D eigenvalue weighted by Gasteiger charge is -2.27. The van der Waals surface area contributed by atoms with Crippen LogP contribution in [-0.2, 0) is 10.0 Å². The third-order valence-electron chi connectivity index (χ3n) is 4.83. The number of nitrogens with one attached hydrogen (secondary N) is 1. The van der Waals surface area contributed by atoms with E-state index in [0.29, 0.717) is 16.3 Å². The molecule has 1 aliphatic rings. The number of benzene rings is 2. The van der Waals surface area contributed by atoms with Crippen LogP contribution in [0.25, 0.3) is 0 Å². The van der Waals surface area contributed by atoms with E-state index in [0.717, 1.165) is 42.1 Å². The van der Waals surface area contributed by atoms with E-state index in [1.807, 2.05) is 35.4 Å². The van der Waals surface area contributed by atoms with Gasteiger partial charge in [0.1, 0.15) is 0 Å². The summed E-state index contributed by atoms with van der Waals surface area (Å²) in [6.07, 6.45) is 5.00. The summed E-state index contributed by atoms with van der Waals surface area (Å²) >= 11 is 8.88. The Bertz CT molecular complexity index is 975. The number of likely N-dealkylation sites (tertiary alicyclic amines) is 1. The van der Waals surface area contributed by atoms with Crippen molar-refractivity contribution in [2.75, 3.05) is 31.6 Å². The van der Waals surface area contributed by atoms with E-state index in [1.54, 1.807) is 23.9 Å². The van der Waals surface area contributed by atoms with Crippen LogP contribution < -0.4 is 4.72 Å². The molecule has 0 aromatic heterocycles. The van der Waals surface area contributed by atoms with Gasteiger partial charge in [0.2, 0.25) is 10.0 Å². The van der Waals surface area contributed by atoms with Crippen LogP contribution in [0.4, 0.5) is 0 Å². The summed E-state index contributed by atoms with van der Waals surface area (Å²) in [5.41, 5.74) is 0.461. The van der Waals surface area contributed by atoms with Gasteiger partial charge in [-0.2, -0.15) is 0 Å². The fraction of sp³-hybridized carbons (Fsp3) is 0.381. The first kappa shape index (κ1) is 23.5. The number of hydrogen-bond acceptors (Lipinski definition) is 5. The van der Waals surface area contributed by atoms with Gasteiger partial charge in [0.05, 0.1) is 10.5 Å². The lowest BCUT2D eigenvalue weighted by Crippen LogP contribution is -2.36. The highest BCUT2D eigenvalue weighted by molar-refractivity contribution is 7.99. The zero-order chi connectivity index (χ0) is 21.6. The van der Waals surface area contributed by atoms with Gasteiger partial charge in [0.15, 0.2) is 0 Å². The van der Waals surface area contributed by atoms with Crippen LogP contribution in [0.15, 0.2) is 57.2 Å². The summed E-state index contributed by atoms with van der Waals surface area (Å²) in [7, 11) is -3.70. The summed E-state index contributed by atoms with van der Waals surface area (Å²) in [5, 5.41) is 0.670. The molecule has 30 heavy (non-hydrogen) atoms. The second kappa shape index (κ2) is 10.9. The van der Waals surface area contributed by atoms with Crippen LogP contribution in [0.2, 0.25) is 5.02 Å². The maximum atomic E-state index is 13.0. The molecule has 3 rings (SSSR count). The van der Waals surface area contributed by atoms with E-state index in [9.17, 15) is 13.2 Å². The van der Waals surface area contributed by atoms with Gasteiger partial charge in [0, 0.05) is 40.2 Å². The van der Waals surface area contributed by atoms with E-state index >= 15 is 0 Å². The van der Waals surface area contributed by atoms with Crippen LogP contribution in [0.3, 0.4) is 0 Å². The predicted octanol–water partition coefficient (Wildman–Crippen LogP) is 4.76. The zero-order valence-corrected chi connectivity index (χ0v) is 20.0. The third-order valence-corrected chi connectivity index (χ3v) is 8.35. The SMILES string of the molecule is CSc1ccc(S(=O)(=O)NCCSc2ccc(Cl)cc2)cc1C(=O)N1CCCCC1. The van der Waals surface area contributed by atoms with Crippen molar-refractivity contribution < 1.29 is 13.2 Å². The van der Waals surface area contributed by atoms with Gasteiger partial charge in [-0.05, 0) is 68.0 Å². The minimum Gasteiger partial charge on any atom is -0.339 e. The maximum Gasteiger partial charge on any atom is 0.255 e. The van der Waals surface area contributed by atoms with Crippen LogP contribution in [-0.4, -0.2) is 50.9 Å². The Morgan fingerprint density at radius 2 is 1.80 bits per heavy atom. The number of hydrogen-bond donors (Lipinski definition) is 1. The smallest absolute Gasteiger partial charge is 0.255 e. The standard InChI is InChI=1S/C21H25ClN2O3S3/c1-28-20-10-9-18(15-19(20)21(25)24-12-3-2-4-13-24)30(26,27)23-11-14-29-17-7-5-16(22)6-8-17/h5-10,15,23H,2-4,11-14H2,1H3. The minimum atomic E-state index is -3.70. The van der Waals surface area contributed by atoms with Gasteiger partial charge < -0.3 is 4.90 Å². The first-order valence-corrected chi connectivity index (χ1v) is 13.8. The van der Waals surface area contributed by atoms with Crippen LogP contribution in [0.1, 0.15) is 29.6 Å². The fourth-order valence-electron chi connectivity index (χ4n) is 3.25. The van der Waals surface area contributed by atoms with Crippen molar-refractivity contribution in [3.63, 3.8) is 0 Å². The summed E-state index contributed by atoms with van der Waals surface area (Å²) in [5.74, 6) is 0.498. The average Bonchev–Trinajstić information content (AvgIpc) is 2.77. The number of rotatable bonds is 8. The molecule has 1 saturated heterocycles. The van der Waals surface area contributed by atoms with Gasteiger partial charge >= 0.3 is 0 Å². The normalized spacial score (nSPS) is 14.7. The second-order valence-electron chi connectivity index (χ2n) is 6.92.